The third-order valence-electron chi connectivity index (χ3n) is 2.90. The molecule has 0 aliphatic heterocycles. The van der Waals surface area contributed by atoms with Crippen LogP contribution in [0.1, 0.15) is 12.5 Å². The lowest BCUT2D eigenvalue weighted by Crippen LogP contribution is -2.23. The molecule has 0 aliphatic rings. The van der Waals surface area contributed by atoms with E-state index < -0.39 is 0 Å². The lowest BCUT2D eigenvalue weighted by atomic mass is 10.1. The number of nitrogens with zero attached hydrogens (tertiary/aromatic N) is 1. The van der Waals surface area contributed by atoms with Gasteiger partial charge in [-0.1, -0.05) is 12.1 Å². The summed E-state index contributed by atoms with van der Waals surface area (Å²) < 4.78 is 16.2. The molecule has 0 radical (unpaired) electrons. The Labute approximate surface area is 113 Å². The van der Waals surface area contributed by atoms with Gasteiger partial charge in [0.05, 0.1) is 5.69 Å². The van der Waals surface area contributed by atoms with E-state index in [4.69, 9.17) is 0 Å². The van der Waals surface area contributed by atoms with Gasteiger partial charge in [-0.05, 0) is 48.0 Å². The lowest BCUT2D eigenvalue weighted by molar-refractivity contribution is 0.625. The van der Waals surface area contributed by atoms with Gasteiger partial charge in [-0.2, -0.15) is 0 Å². The second-order valence-electron chi connectivity index (χ2n) is 4.05. The predicted octanol–water partition coefficient (Wildman–Crippen LogP) is 3.75. The summed E-state index contributed by atoms with van der Waals surface area (Å²) in [4.78, 5) is 12.0. The van der Waals surface area contributed by atoms with E-state index in [1.807, 2.05) is 6.92 Å². The fraction of sp³-hybridized carbons (Fsp3) is 0.214. The van der Waals surface area contributed by atoms with Crippen LogP contribution in [0.4, 0.5) is 4.39 Å². The van der Waals surface area contributed by atoms with E-state index in [0.717, 1.165) is 0 Å². The fourth-order valence-electron chi connectivity index (χ4n) is 1.96. The maximum Gasteiger partial charge on any atom is 0.253 e. The summed E-state index contributed by atoms with van der Waals surface area (Å²) >= 11 is 3.33. The fourth-order valence-corrected chi connectivity index (χ4v) is 2.51. The summed E-state index contributed by atoms with van der Waals surface area (Å²) in [6, 6.07) is 8.30. The SMILES string of the molecule is CCn1c(-c2c(F)cccc2Br)ccc(C)c1=O. The molecular weight excluding hydrogens is 297 g/mol. The highest BCUT2D eigenvalue weighted by atomic mass is 79.9. The van der Waals surface area contributed by atoms with Crippen LogP contribution in [0.25, 0.3) is 11.3 Å². The van der Waals surface area contributed by atoms with E-state index in [1.165, 1.54) is 6.07 Å². The molecule has 2 aromatic rings. The highest BCUT2D eigenvalue weighted by Gasteiger charge is 2.14. The number of halogens is 2. The number of rotatable bonds is 2. The Morgan fingerprint density at radius 1 is 1.28 bits per heavy atom. The molecule has 94 valence electrons. The van der Waals surface area contributed by atoms with Crippen LogP contribution in [0, 0.1) is 12.7 Å². The Morgan fingerprint density at radius 2 is 2.00 bits per heavy atom. The van der Waals surface area contributed by atoms with Crippen molar-refractivity contribution in [2.75, 3.05) is 0 Å². The standard InChI is InChI=1S/C14H13BrFNO/c1-3-17-12(8-7-9(2)14(17)18)13-10(15)5-4-6-11(13)16/h4-8H,3H2,1-2H3. The average molecular weight is 310 g/mol. The normalized spacial score (nSPS) is 10.7. The number of pyridine rings is 1. The van der Waals surface area contributed by atoms with Crippen LogP contribution in [0.2, 0.25) is 0 Å². The molecule has 1 aromatic carbocycles. The van der Waals surface area contributed by atoms with E-state index in [2.05, 4.69) is 15.9 Å². The summed E-state index contributed by atoms with van der Waals surface area (Å²) in [6.45, 7) is 4.14. The van der Waals surface area contributed by atoms with Crippen LogP contribution >= 0.6 is 15.9 Å². The molecule has 0 N–H and O–H groups in total. The van der Waals surface area contributed by atoms with Crippen molar-refractivity contribution in [3.05, 3.63) is 56.5 Å². The summed E-state index contributed by atoms with van der Waals surface area (Å²) in [7, 11) is 0. The van der Waals surface area contributed by atoms with Gasteiger partial charge < -0.3 is 4.57 Å². The van der Waals surface area contributed by atoms with Gasteiger partial charge in [-0.25, -0.2) is 4.39 Å². The molecule has 0 amide bonds. The third-order valence-corrected chi connectivity index (χ3v) is 3.56. The zero-order chi connectivity index (χ0) is 13.3. The largest absolute Gasteiger partial charge is 0.308 e. The summed E-state index contributed by atoms with van der Waals surface area (Å²) in [6.07, 6.45) is 0. The number of aromatic nitrogens is 1. The third kappa shape index (κ3) is 2.12. The first-order valence-electron chi connectivity index (χ1n) is 5.71. The summed E-state index contributed by atoms with van der Waals surface area (Å²) in [5.41, 5.74) is 1.60. The predicted molar refractivity (Wildman–Crippen MR) is 74.2 cm³/mol. The number of benzene rings is 1. The Hall–Kier alpha value is -1.42. The smallest absolute Gasteiger partial charge is 0.253 e. The van der Waals surface area contributed by atoms with Crippen LogP contribution in [0.5, 0.6) is 0 Å². The molecule has 1 heterocycles. The summed E-state index contributed by atoms with van der Waals surface area (Å²) in [5.74, 6) is -0.338. The zero-order valence-electron chi connectivity index (χ0n) is 10.2. The van der Waals surface area contributed by atoms with Crippen LogP contribution in [0.15, 0.2) is 39.6 Å². The molecule has 0 saturated carbocycles. The van der Waals surface area contributed by atoms with Crippen molar-refractivity contribution in [3.63, 3.8) is 0 Å². The van der Waals surface area contributed by atoms with E-state index in [9.17, 15) is 9.18 Å². The average Bonchev–Trinajstić information content (AvgIpc) is 2.33. The second kappa shape index (κ2) is 5.06. The Bertz CT molecular complexity index is 628. The molecule has 0 bridgehead atoms. The first-order chi connectivity index (χ1) is 8.56. The number of aryl methyl sites for hydroxylation is 1. The van der Waals surface area contributed by atoms with Crippen molar-refractivity contribution < 1.29 is 4.39 Å². The maximum atomic E-state index is 13.9. The van der Waals surface area contributed by atoms with Crippen molar-refractivity contribution in [3.8, 4) is 11.3 Å². The molecule has 18 heavy (non-hydrogen) atoms. The lowest BCUT2D eigenvalue weighted by Gasteiger charge is -2.14. The Morgan fingerprint density at radius 3 is 2.61 bits per heavy atom. The van der Waals surface area contributed by atoms with Gasteiger partial charge in [0.1, 0.15) is 5.82 Å². The monoisotopic (exact) mass is 309 g/mol. The van der Waals surface area contributed by atoms with Gasteiger partial charge in [-0.15, -0.1) is 0 Å². The molecule has 0 atom stereocenters. The van der Waals surface area contributed by atoms with Crippen molar-refractivity contribution >= 4 is 15.9 Å². The minimum absolute atomic E-state index is 0.0786. The molecule has 0 aliphatic carbocycles. The molecule has 0 spiro atoms. The van der Waals surface area contributed by atoms with Crippen molar-refractivity contribution in [1.82, 2.24) is 4.57 Å². The van der Waals surface area contributed by atoms with Gasteiger partial charge in [0.2, 0.25) is 0 Å². The van der Waals surface area contributed by atoms with Crippen molar-refractivity contribution in [2.45, 2.75) is 20.4 Å². The van der Waals surface area contributed by atoms with Gasteiger partial charge >= 0.3 is 0 Å². The van der Waals surface area contributed by atoms with Crippen LogP contribution < -0.4 is 5.56 Å². The van der Waals surface area contributed by atoms with Crippen LogP contribution in [-0.2, 0) is 6.54 Å². The minimum atomic E-state index is -0.338. The van der Waals surface area contributed by atoms with Gasteiger partial charge in [0.25, 0.3) is 5.56 Å². The second-order valence-corrected chi connectivity index (χ2v) is 4.90. The first-order valence-corrected chi connectivity index (χ1v) is 6.50. The number of hydrogen-bond acceptors (Lipinski definition) is 1. The summed E-state index contributed by atoms with van der Waals surface area (Å²) in [5, 5.41) is 0. The Balaban J connectivity index is 2.80. The van der Waals surface area contributed by atoms with Gasteiger partial charge in [0, 0.05) is 22.1 Å². The van der Waals surface area contributed by atoms with Crippen molar-refractivity contribution in [2.24, 2.45) is 0 Å². The van der Waals surface area contributed by atoms with Crippen molar-refractivity contribution in [1.29, 1.82) is 0 Å². The van der Waals surface area contributed by atoms with E-state index in [1.54, 1.807) is 35.8 Å². The molecule has 0 saturated heterocycles. The molecule has 2 nitrogen and oxygen atoms in total. The van der Waals surface area contributed by atoms with E-state index in [-0.39, 0.29) is 11.4 Å². The van der Waals surface area contributed by atoms with E-state index >= 15 is 0 Å². The minimum Gasteiger partial charge on any atom is -0.308 e. The molecule has 1 aromatic heterocycles. The zero-order valence-corrected chi connectivity index (χ0v) is 11.8. The van der Waals surface area contributed by atoms with Gasteiger partial charge in [0.15, 0.2) is 0 Å². The topological polar surface area (TPSA) is 22.0 Å². The van der Waals surface area contributed by atoms with Crippen LogP contribution in [0.3, 0.4) is 0 Å². The molecule has 0 unspecified atom stereocenters. The molecular formula is C14H13BrFNO. The molecule has 4 heteroatoms. The number of hydrogen-bond donors (Lipinski definition) is 0. The highest BCUT2D eigenvalue weighted by Crippen LogP contribution is 2.30. The Kier molecular flexibility index (Phi) is 3.66. The van der Waals surface area contributed by atoms with Gasteiger partial charge in [-0.3, -0.25) is 4.79 Å². The van der Waals surface area contributed by atoms with Crippen LogP contribution in [-0.4, -0.2) is 4.57 Å². The first kappa shape index (κ1) is 13.0. The maximum absolute atomic E-state index is 13.9. The quantitative estimate of drug-likeness (QED) is 0.828. The molecule has 0 fully saturated rings. The highest BCUT2D eigenvalue weighted by molar-refractivity contribution is 9.10. The van der Waals surface area contributed by atoms with E-state index in [0.29, 0.717) is 27.8 Å². The molecule has 2 rings (SSSR count).